The average molecular weight is 139 g/mol. The van der Waals surface area contributed by atoms with Gasteiger partial charge in [0.15, 0.2) is 0 Å². The molecule has 1 rings (SSSR count). The van der Waals surface area contributed by atoms with E-state index in [4.69, 9.17) is 0 Å². The zero-order valence-electron chi connectivity index (χ0n) is 6.46. The number of likely N-dealkylation sites (N-methyl/N-ethyl adjacent to an activating group) is 1. The van der Waals surface area contributed by atoms with Gasteiger partial charge in [0, 0.05) is 12.7 Å². The number of hydrogen-bond acceptors (Lipinski definition) is 2. The molecule has 56 valence electrons. The van der Waals surface area contributed by atoms with Crippen LogP contribution in [0.2, 0.25) is 0 Å². The van der Waals surface area contributed by atoms with Gasteiger partial charge in [0.25, 0.3) is 0 Å². The molecule has 0 bridgehead atoms. The summed E-state index contributed by atoms with van der Waals surface area (Å²) in [5.41, 5.74) is 1.08. The van der Waals surface area contributed by atoms with Gasteiger partial charge in [-0.2, -0.15) is 5.10 Å². The summed E-state index contributed by atoms with van der Waals surface area (Å²) in [6.07, 6.45) is 1.99. The molecular weight excluding hydrogens is 126 g/mol. The average Bonchev–Trinajstić information content (AvgIpc) is 2.31. The van der Waals surface area contributed by atoms with E-state index < -0.39 is 0 Å². The van der Waals surface area contributed by atoms with E-state index in [1.54, 1.807) is 0 Å². The number of nitrogens with zero attached hydrogens (tertiary/aromatic N) is 2. The van der Waals surface area contributed by atoms with Gasteiger partial charge in [0.05, 0.1) is 12.2 Å². The first-order chi connectivity index (χ1) is 4.83. The van der Waals surface area contributed by atoms with Crippen LogP contribution in [0.5, 0.6) is 0 Å². The molecule has 0 saturated carbocycles. The summed E-state index contributed by atoms with van der Waals surface area (Å²) in [5, 5.41) is 7.29. The molecule has 0 aliphatic heterocycles. The fraction of sp³-hybridized carbons (Fsp3) is 0.571. The second-order valence-electron chi connectivity index (χ2n) is 2.32. The van der Waals surface area contributed by atoms with Gasteiger partial charge in [-0.3, -0.25) is 4.68 Å². The molecule has 0 fully saturated rings. The first-order valence-corrected chi connectivity index (χ1v) is 3.47. The lowest BCUT2D eigenvalue weighted by Gasteiger charge is -1.98. The van der Waals surface area contributed by atoms with Crippen molar-refractivity contribution < 1.29 is 0 Å². The molecule has 0 aliphatic rings. The van der Waals surface area contributed by atoms with E-state index in [-0.39, 0.29) is 0 Å². The number of aryl methyl sites for hydroxylation is 1. The van der Waals surface area contributed by atoms with Crippen molar-refractivity contribution in [2.24, 2.45) is 0 Å². The molecule has 3 nitrogen and oxygen atoms in total. The molecular formula is C7H13N3. The summed E-state index contributed by atoms with van der Waals surface area (Å²) in [6, 6.07) is 2.01. The van der Waals surface area contributed by atoms with Crippen LogP contribution in [-0.4, -0.2) is 23.4 Å². The monoisotopic (exact) mass is 139 g/mol. The number of nitrogens with one attached hydrogen (secondary N) is 1. The molecule has 0 unspecified atom stereocenters. The number of hydrogen-bond donors (Lipinski definition) is 1. The molecule has 0 saturated heterocycles. The first kappa shape index (κ1) is 7.28. The summed E-state index contributed by atoms with van der Waals surface area (Å²) >= 11 is 0. The lowest BCUT2D eigenvalue weighted by atomic mass is 10.5. The summed E-state index contributed by atoms with van der Waals surface area (Å²) in [4.78, 5) is 0. The van der Waals surface area contributed by atoms with Gasteiger partial charge in [-0.15, -0.1) is 0 Å². The maximum absolute atomic E-state index is 4.22. The molecule has 1 heterocycles. The van der Waals surface area contributed by atoms with Crippen molar-refractivity contribution in [2.75, 3.05) is 13.6 Å². The van der Waals surface area contributed by atoms with Gasteiger partial charge >= 0.3 is 0 Å². The third kappa shape index (κ3) is 1.84. The minimum Gasteiger partial charge on any atom is -0.318 e. The third-order valence-electron chi connectivity index (χ3n) is 1.36. The van der Waals surface area contributed by atoms with Crippen molar-refractivity contribution in [2.45, 2.75) is 13.5 Å². The molecule has 3 heteroatoms. The van der Waals surface area contributed by atoms with Crippen molar-refractivity contribution in [3.63, 3.8) is 0 Å². The Balaban J connectivity index is 2.42. The SMILES string of the molecule is CNCCn1ccc(C)n1. The van der Waals surface area contributed by atoms with Gasteiger partial charge in [0.1, 0.15) is 0 Å². The minimum atomic E-state index is 0.949. The summed E-state index contributed by atoms with van der Waals surface area (Å²) in [5.74, 6) is 0. The Morgan fingerprint density at radius 1 is 1.70 bits per heavy atom. The van der Waals surface area contributed by atoms with Crippen LogP contribution in [0.4, 0.5) is 0 Å². The van der Waals surface area contributed by atoms with Crippen molar-refractivity contribution in [3.05, 3.63) is 18.0 Å². The van der Waals surface area contributed by atoms with Gasteiger partial charge in [0.2, 0.25) is 0 Å². The van der Waals surface area contributed by atoms with Gasteiger partial charge in [-0.25, -0.2) is 0 Å². The van der Waals surface area contributed by atoms with E-state index in [0.717, 1.165) is 18.8 Å². The van der Waals surface area contributed by atoms with Crippen LogP contribution in [-0.2, 0) is 6.54 Å². The maximum atomic E-state index is 4.22. The topological polar surface area (TPSA) is 29.9 Å². The largest absolute Gasteiger partial charge is 0.318 e. The van der Waals surface area contributed by atoms with Crippen molar-refractivity contribution in [3.8, 4) is 0 Å². The fourth-order valence-electron chi connectivity index (χ4n) is 0.814. The predicted molar refractivity (Wildman–Crippen MR) is 40.9 cm³/mol. The predicted octanol–water partition coefficient (Wildman–Crippen LogP) is 0.411. The molecule has 0 spiro atoms. The smallest absolute Gasteiger partial charge is 0.0593 e. The highest BCUT2D eigenvalue weighted by Crippen LogP contribution is 1.90. The molecule has 0 aromatic carbocycles. The molecule has 1 aromatic heterocycles. The highest BCUT2D eigenvalue weighted by atomic mass is 15.3. The number of rotatable bonds is 3. The third-order valence-corrected chi connectivity index (χ3v) is 1.36. The molecule has 1 N–H and O–H groups in total. The standard InChI is InChI=1S/C7H13N3/c1-7-3-5-10(9-7)6-4-8-2/h3,5,8H,4,6H2,1-2H3. The lowest BCUT2D eigenvalue weighted by Crippen LogP contribution is -2.15. The summed E-state index contributed by atoms with van der Waals surface area (Å²) in [6.45, 7) is 3.92. The van der Waals surface area contributed by atoms with E-state index in [1.165, 1.54) is 0 Å². The minimum absolute atomic E-state index is 0.949. The molecule has 0 aliphatic carbocycles. The van der Waals surface area contributed by atoms with Gasteiger partial charge in [-0.1, -0.05) is 0 Å². The Hall–Kier alpha value is -0.830. The highest BCUT2D eigenvalue weighted by molar-refractivity contribution is 4.94. The maximum Gasteiger partial charge on any atom is 0.0593 e. The molecule has 0 amide bonds. The van der Waals surface area contributed by atoms with Crippen molar-refractivity contribution in [1.82, 2.24) is 15.1 Å². The Kier molecular flexibility index (Phi) is 2.45. The molecule has 10 heavy (non-hydrogen) atoms. The van der Waals surface area contributed by atoms with E-state index in [1.807, 2.05) is 30.9 Å². The van der Waals surface area contributed by atoms with E-state index in [2.05, 4.69) is 10.4 Å². The second kappa shape index (κ2) is 3.37. The Morgan fingerprint density at radius 3 is 3.00 bits per heavy atom. The normalized spacial score (nSPS) is 10.2. The van der Waals surface area contributed by atoms with Crippen molar-refractivity contribution >= 4 is 0 Å². The molecule has 0 atom stereocenters. The molecule has 0 radical (unpaired) electrons. The Bertz CT molecular complexity index is 192. The van der Waals surface area contributed by atoms with Crippen LogP contribution in [0.3, 0.4) is 0 Å². The number of aromatic nitrogens is 2. The zero-order chi connectivity index (χ0) is 7.40. The highest BCUT2D eigenvalue weighted by Gasteiger charge is 1.90. The fourth-order valence-corrected chi connectivity index (χ4v) is 0.814. The van der Waals surface area contributed by atoms with Gasteiger partial charge in [-0.05, 0) is 20.0 Å². The lowest BCUT2D eigenvalue weighted by molar-refractivity contribution is 0.581. The van der Waals surface area contributed by atoms with E-state index in [0.29, 0.717) is 0 Å². The van der Waals surface area contributed by atoms with Crippen LogP contribution < -0.4 is 5.32 Å². The Morgan fingerprint density at radius 2 is 2.50 bits per heavy atom. The molecule has 1 aromatic rings. The van der Waals surface area contributed by atoms with Crippen molar-refractivity contribution in [1.29, 1.82) is 0 Å². The Labute approximate surface area is 61.0 Å². The van der Waals surface area contributed by atoms with Crippen LogP contribution in [0.25, 0.3) is 0 Å². The first-order valence-electron chi connectivity index (χ1n) is 3.47. The quantitative estimate of drug-likeness (QED) is 0.657. The van der Waals surface area contributed by atoms with Crippen LogP contribution in [0.15, 0.2) is 12.3 Å². The summed E-state index contributed by atoms with van der Waals surface area (Å²) in [7, 11) is 1.94. The summed E-state index contributed by atoms with van der Waals surface area (Å²) < 4.78 is 1.94. The van der Waals surface area contributed by atoms with Crippen LogP contribution in [0.1, 0.15) is 5.69 Å². The van der Waals surface area contributed by atoms with Gasteiger partial charge < -0.3 is 5.32 Å². The van der Waals surface area contributed by atoms with Crippen LogP contribution >= 0.6 is 0 Å². The zero-order valence-corrected chi connectivity index (χ0v) is 6.46. The van der Waals surface area contributed by atoms with E-state index in [9.17, 15) is 0 Å². The van der Waals surface area contributed by atoms with E-state index >= 15 is 0 Å². The second-order valence-corrected chi connectivity index (χ2v) is 2.32. The van der Waals surface area contributed by atoms with Crippen LogP contribution in [0, 0.1) is 6.92 Å².